The van der Waals surface area contributed by atoms with Gasteiger partial charge < -0.3 is 9.47 Å². The molecule has 0 aliphatic heterocycles. The number of benzene rings is 1. The summed E-state index contributed by atoms with van der Waals surface area (Å²) in [6.07, 6.45) is 10.8. The van der Waals surface area contributed by atoms with Crippen molar-refractivity contribution in [2.24, 2.45) is 0 Å². The van der Waals surface area contributed by atoms with E-state index in [1.54, 1.807) is 7.11 Å². The van der Waals surface area contributed by atoms with Crippen molar-refractivity contribution >= 4 is 11.5 Å². The number of carbonyl (C=O) groups excluding carboxylic acids is 1. The van der Waals surface area contributed by atoms with Crippen LogP contribution in [-0.4, -0.2) is 18.9 Å². The van der Waals surface area contributed by atoms with Crippen LogP contribution in [0.3, 0.4) is 0 Å². The predicted molar refractivity (Wildman–Crippen MR) is 108 cm³/mol. The summed E-state index contributed by atoms with van der Waals surface area (Å²) in [5.74, 6) is 0.253. The molecular formula is C24H30O3. The van der Waals surface area contributed by atoms with E-state index in [9.17, 15) is 4.79 Å². The highest BCUT2D eigenvalue weighted by molar-refractivity contribution is 5.88. The Balaban J connectivity index is 2.08. The van der Waals surface area contributed by atoms with Gasteiger partial charge in [-0.1, -0.05) is 39.8 Å². The van der Waals surface area contributed by atoms with Crippen LogP contribution in [0.15, 0.2) is 18.2 Å². The van der Waals surface area contributed by atoms with Gasteiger partial charge in [-0.3, -0.25) is 0 Å². The van der Waals surface area contributed by atoms with Gasteiger partial charge in [-0.25, -0.2) is 4.79 Å². The predicted octanol–water partition coefficient (Wildman–Crippen LogP) is 5.04. The molecule has 0 N–H and O–H groups in total. The molecule has 2 aliphatic rings. The number of hydrogen-bond acceptors (Lipinski definition) is 3. The summed E-state index contributed by atoms with van der Waals surface area (Å²) >= 11 is 0. The second kappa shape index (κ2) is 6.53. The molecule has 1 aromatic rings. The number of ether oxygens (including phenoxy) is 2. The van der Waals surface area contributed by atoms with Crippen molar-refractivity contribution in [2.75, 3.05) is 7.11 Å². The Morgan fingerprint density at radius 3 is 2.22 bits per heavy atom. The van der Waals surface area contributed by atoms with Crippen molar-refractivity contribution in [1.82, 2.24) is 0 Å². The van der Waals surface area contributed by atoms with Gasteiger partial charge >= 0.3 is 5.97 Å². The Morgan fingerprint density at radius 1 is 1.07 bits per heavy atom. The molecule has 0 radical (unpaired) electrons. The minimum atomic E-state index is -1.06. The molecule has 3 rings (SSSR count). The molecule has 0 bridgehead atoms. The lowest BCUT2D eigenvalue weighted by atomic mass is 9.62. The Hall–Kier alpha value is -2.05. The first-order valence-electron chi connectivity index (χ1n) is 9.66. The summed E-state index contributed by atoms with van der Waals surface area (Å²) in [6.45, 7) is 11.5. The van der Waals surface area contributed by atoms with Gasteiger partial charge in [0, 0.05) is 19.5 Å². The third kappa shape index (κ3) is 3.44. The fourth-order valence-corrected chi connectivity index (χ4v) is 4.47. The first-order valence-corrected chi connectivity index (χ1v) is 9.66. The monoisotopic (exact) mass is 366 g/mol. The van der Waals surface area contributed by atoms with Gasteiger partial charge in [0.15, 0.2) is 0 Å². The van der Waals surface area contributed by atoms with Crippen molar-refractivity contribution in [2.45, 2.75) is 76.9 Å². The second-order valence-electron chi connectivity index (χ2n) is 9.20. The molecule has 27 heavy (non-hydrogen) atoms. The van der Waals surface area contributed by atoms with Gasteiger partial charge in [-0.05, 0) is 70.9 Å². The van der Waals surface area contributed by atoms with Gasteiger partial charge in [-0.15, -0.1) is 6.42 Å². The lowest BCUT2D eigenvalue weighted by molar-refractivity contribution is -0.193. The van der Waals surface area contributed by atoms with E-state index < -0.39 is 11.8 Å². The van der Waals surface area contributed by atoms with Crippen molar-refractivity contribution in [3.8, 4) is 12.3 Å². The molecule has 0 spiro atoms. The Kier molecular flexibility index (Phi) is 4.77. The Morgan fingerprint density at radius 2 is 1.67 bits per heavy atom. The highest BCUT2D eigenvalue weighted by atomic mass is 16.7. The van der Waals surface area contributed by atoms with Crippen LogP contribution in [0.5, 0.6) is 0 Å². The summed E-state index contributed by atoms with van der Waals surface area (Å²) in [5.41, 5.74) is 6.85. The van der Waals surface area contributed by atoms with Gasteiger partial charge in [0.1, 0.15) is 0 Å². The first kappa shape index (κ1) is 19.7. The Bertz CT molecular complexity index is 851. The largest absolute Gasteiger partial charge is 0.420 e. The fourth-order valence-electron chi connectivity index (χ4n) is 4.47. The fraction of sp³-hybridized carbons (Fsp3) is 0.542. The second-order valence-corrected chi connectivity index (χ2v) is 9.20. The smallest absolute Gasteiger partial charge is 0.386 e. The van der Waals surface area contributed by atoms with Crippen LogP contribution >= 0.6 is 0 Å². The van der Waals surface area contributed by atoms with Crippen molar-refractivity contribution in [1.29, 1.82) is 0 Å². The minimum Gasteiger partial charge on any atom is -0.420 e. The summed E-state index contributed by atoms with van der Waals surface area (Å²) in [4.78, 5) is 11.6. The number of terminal acetylenes is 1. The molecule has 0 saturated carbocycles. The Labute approximate surface area is 163 Å². The third-order valence-electron chi connectivity index (χ3n) is 6.41. The van der Waals surface area contributed by atoms with E-state index in [1.165, 1.54) is 35.1 Å². The maximum absolute atomic E-state index is 11.6. The van der Waals surface area contributed by atoms with E-state index >= 15 is 0 Å². The zero-order valence-electron chi connectivity index (χ0n) is 17.4. The lowest BCUT2D eigenvalue weighted by Crippen LogP contribution is -2.34. The molecule has 2 aliphatic carbocycles. The summed E-state index contributed by atoms with van der Waals surface area (Å²) in [5, 5.41) is 0. The molecule has 0 fully saturated rings. The summed E-state index contributed by atoms with van der Waals surface area (Å²) < 4.78 is 10.9. The molecule has 1 aromatic carbocycles. The number of carbonyl (C=O) groups is 1. The molecule has 1 unspecified atom stereocenters. The van der Waals surface area contributed by atoms with E-state index in [0.717, 1.165) is 12.0 Å². The van der Waals surface area contributed by atoms with Gasteiger partial charge in [0.05, 0.1) is 0 Å². The zero-order chi connectivity index (χ0) is 20.0. The van der Waals surface area contributed by atoms with Gasteiger partial charge in [0.2, 0.25) is 5.79 Å². The average Bonchev–Trinajstić information content (AvgIpc) is 3.03. The number of hydrogen-bond donors (Lipinski definition) is 0. The maximum atomic E-state index is 11.6. The van der Waals surface area contributed by atoms with E-state index in [1.807, 2.05) is 12.0 Å². The van der Waals surface area contributed by atoms with Crippen LogP contribution in [0.4, 0.5) is 0 Å². The third-order valence-corrected chi connectivity index (χ3v) is 6.41. The molecule has 0 heterocycles. The van der Waals surface area contributed by atoms with E-state index in [0.29, 0.717) is 6.42 Å². The van der Waals surface area contributed by atoms with Crippen LogP contribution in [0.1, 0.15) is 75.6 Å². The molecule has 3 heteroatoms. The molecular weight excluding hydrogens is 336 g/mol. The molecule has 0 saturated heterocycles. The van der Waals surface area contributed by atoms with Crippen LogP contribution in [0, 0.1) is 19.3 Å². The van der Waals surface area contributed by atoms with E-state index in [2.05, 4.69) is 46.8 Å². The topological polar surface area (TPSA) is 35.5 Å². The SMILES string of the molecule is C#CC(=O)OC1(OC)C=C(c2cc3c(cc2C)C(C)(C)CCC3(C)C)CC1. The summed E-state index contributed by atoms with van der Waals surface area (Å²) in [6, 6.07) is 4.71. The van der Waals surface area contributed by atoms with Gasteiger partial charge in [-0.2, -0.15) is 0 Å². The molecule has 1 atom stereocenters. The number of methoxy groups -OCH3 is 1. The van der Waals surface area contributed by atoms with Crippen LogP contribution in [-0.2, 0) is 25.1 Å². The molecule has 0 aromatic heterocycles. The number of allylic oxidation sites excluding steroid dienone is 1. The number of aryl methyl sites for hydroxylation is 1. The first-order chi connectivity index (χ1) is 12.5. The normalized spacial score (nSPS) is 25.3. The lowest BCUT2D eigenvalue weighted by Gasteiger charge is -2.42. The number of esters is 1. The van der Waals surface area contributed by atoms with Crippen molar-refractivity contribution in [3.63, 3.8) is 0 Å². The standard InChI is InChI=1S/C24H30O3/c1-8-21(25)27-24(26-7)10-9-17(15-24)18-14-20-19(13-16(18)2)22(3,4)11-12-23(20,5)6/h1,13-15H,9-12H2,2-7H3. The maximum Gasteiger partial charge on any atom is 0.386 e. The van der Waals surface area contributed by atoms with E-state index in [-0.39, 0.29) is 10.8 Å². The van der Waals surface area contributed by atoms with Crippen LogP contribution < -0.4 is 0 Å². The highest BCUT2D eigenvalue weighted by Gasteiger charge is 2.40. The van der Waals surface area contributed by atoms with E-state index in [4.69, 9.17) is 15.9 Å². The molecule has 144 valence electrons. The average molecular weight is 367 g/mol. The van der Waals surface area contributed by atoms with Crippen molar-refractivity contribution in [3.05, 3.63) is 40.5 Å². The molecule has 0 amide bonds. The zero-order valence-corrected chi connectivity index (χ0v) is 17.4. The highest BCUT2D eigenvalue weighted by Crippen LogP contribution is 2.48. The molecule has 3 nitrogen and oxygen atoms in total. The van der Waals surface area contributed by atoms with Crippen molar-refractivity contribution < 1.29 is 14.3 Å². The van der Waals surface area contributed by atoms with Gasteiger partial charge in [0.25, 0.3) is 0 Å². The summed E-state index contributed by atoms with van der Waals surface area (Å²) in [7, 11) is 1.55. The van der Waals surface area contributed by atoms with Crippen LogP contribution in [0.25, 0.3) is 5.57 Å². The quantitative estimate of drug-likeness (QED) is 0.325. The number of fused-ring (bicyclic) bond motifs is 1. The minimum absolute atomic E-state index is 0.154. The number of rotatable bonds is 3. The van der Waals surface area contributed by atoms with Crippen LogP contribution in [0.2, 0.25) is 0 Å².